The lowest BCUT2D eigenvalue weighted by Gasteiger charge is -2.36. The predicted octanol–water partition coefficient (Wildman–Crippen LogP) is 4.55. The monoisotopic (exact) mass is 509 g/mol. The maximum Gasteiger partial charge on any atom is 0.416 e. The number of hydrogen-bond acceptors (Lipinski definition) is 5. The lowest BCUT2D eigenvalue weighted by molar-refractivity contribution is -0.137. The van der Waals surface area contributed by atoms with Crippen LogP contribution in [0.2, 0.25) is 0 Å². The Hall–Kier alpha value is -3.05. The molecular formula is C23H22F3N3O3S2. The Morgan fingerprint density at radius 3 is 2.24 bits per heavy atom. The third-order valence-electron chi connectivity index (χ3n) is 5.69. The van der Waals surface area contributed by atoms with Gasteiger partial charge >= 0.3 is 6.18 Å². The summed E-state index contributed by atoms with van der Waals surface area (Å²) in [6.45, 7) is 1.55. The van der Waals surface area contributed by atoms with Gasteiger partial charge in [0.05, 0.1) is 11.3 Å². The first-order chi connectivity index (χ1) is 16.1. The summed E-state index contributed by atoms with van der Waals surface area (Å²) in [5, 5.41) is 1.69. The van der Waals surface area contributed by atoms with Crippen molar-refractivity contribution >= 4 is 38.6 Å². The lowest BCUT2D eigenvalue weighted by atomic mass is 10.1. The molecule has 1 aromatic heterocycles. The van der Waals surface area contributed by atoms with Crippen molar-refractivity contribution in [3.05, 3.63) is 77.2 Å². The highest BCUT2D eigenvalue weighted by atomic mass is 32.2. The van der Waals surface area contributed by atoms with Crippen LogP contribution >= 0.6 is 11.3 Å². The summed E-state index contributed by atoms with van der Waals surface area (Å²) in [5.74, 6) is -0.209. The van der Waals surface area contributed by atoms with Crippen LogP contribution in [0.5, 0.6) is 0 Å². The first-order valence-electron chi connectivity index (χ1n) is 10.4. The smallest absolute Gasteiger partial charge is 0.368 e. The molecule has 0 radical (unpaired) electrons. The average molecular weight is 510 g/mol. The van der Waals surface area contributed by atoms with E-state index in [1.54, 1.807) is 46.7 Å². The van der Waals surface area contributed by atoms with E-state index >= 15 is 0 Å². The fourth-order valence-electron chi connectivity index (χ4n) is 3.73. The van der Waals surface area contributed by atoms with Crippen molar-refractivity contribution in [2.24, 2.45) is 0 Å². The molecule has 3 aromatic rings. The zero-order valence-corrected chi connectivity index (χ0v) is 19.8. The molecular weight excluding hydrogens is 487 g/mol. The molecule has 11 heteroatoms. The van der Waals surface area contributed by atoms with Gasteiger partial charge in [0.25, 0.3) is 15.9 Å². The van der Waals surface area contributed by atoms with Crippen molar-refractivity contribution in [3.63, 3.8) is 0 Å². The van der Waals surface area contributed by atoms with E-state index in [1.165, 1.54) is 23.5 Å². The Bertz CT molecular complexity index is 1250. The van der Waals surface area contributed by atoms with Crippen molar-refractivity contribution in [1.29, 1.82) is 0 Å². The quantitative estimate of drug-likeness (QED) is 0.506. The van der Waals surface area contributed by atoms with Crippen molar-refractivity contribution in [2.45, 2.75) is 10.4 Å². The van der Waals surface area contributed by atoms with E-state index < -0.39 is 21.8 Å². The van der Waals surface area contributed by atoms with Crippen LogP contribution in [0.4, 0.5) is 24.5 Å². The minimum Gasteiger partial charge on any atom is -0.368 e. The highest BCUT2D eigenvalue weighted by molar-refractivity contribution is 7.94. The summed E-state index contributed by atoms with van der Waals surface area (Å²) in [5.41, 5.74) is 0.619. The number of nitrogens with zero attached hydrogens (tertiary/aromatic N) is 3. The van der Waals surface area contributed by atoms with Crippen LogP contribution in [0, 0.1) is 0 Å². The summed E-state index contributed by atoms with van der Waals surface area (Å²) < 4.78 is 65.7. The summed E-state index contributed by atoms with van der Waals surface area (Å²) in [6.07, 6.45) is -4.41. The van der Waals surface area contributed by atoms with Gasteiger partial charge in [0, 0.05) is 44.5 Å². The largest absolute Gasteiger partial charge is 0.416 e. The molecule has 34 heavy (non-hydrogen) atoms. The number of thiophene rings is 1. The molecule has 6 nitrogen and oxygen atoms in total. The van der Waals surface area contributed by atoms with E-state index in [0.29, 0.717) is 43.1 Å². The molecule has 0 spiro atoms. The van der Waals surface area contributed by atoms with Gasteiger partial charge in [0.2, 0.25) is 0 Å². The zero-order chi connectivity index (χ0) is 24.5. The number of anilines is 2. The second-order valence-corrected chi connectivity index (χ2v) is 10.9. The summed E-state index contributed by atoms with van der Waals surface area (Å²) in [4.78, 5) is 16.4. The Morgan fingerprint density at radius 1 is 0.971 bits per heavy atom. The molecule has 1 aliphatic rings. The van der Waals surface area contributed by atoms with Gasteiger partial charge in [-0.2, -0.15) is 13.2 Å². The lowest BCUT2D eigenvalue weighted by Crippen LogP contribution is -2.48. The van der Waals surface area contributed by atoms with E-state index in [4.69, 9.17) is 0 Å². The predicted molar refractivity (Wildman–Crippen MR) is 126 cm³/mol. The summed E-state index contributed by atoms with van der Waals surface area (Å²) in [7, 11) is -2.21. The molecule has 1 amide bonds. The van der Waals surface area contributed by atoms with Crippen LogP contribution in [-0.4, -0.2) is 52.5 Å². The summed E-state index contributed by atoms with van der Waals surface area (Å²) in [6, 6.07) is 14.7. The van der Waals surface area contributed by atoms with Gasteiger partial charge in [-0.1, -0.05) is 12.1 Å². The number of carbonyl (C=O) groups is 1. The maximum atomic E-state index is 13.0. The number of sulfonamides is 1. The Balaban J connectivity index is 1.40. The molecule has 0 unspecified atom stereocenters. The first-order valence-corrected chi connectivity index (χ1v) is 12.7. The van der Waals surface area contributed by atoms with Gasteiger partial charge in [-0.15, -0.1) is 11.3 Å². The number of rotatable bonds is 5. The van der Waals surface area contributed by atoms with Gasteiger partial charge in [-0.25, -0.2) is 8.42 Å². The number of benzene rings is 2. The third kappa shape index (κ3) is 4.90. The van der Waals surface area contributed by atoms with E-state index in [-0.39, 0.29) is 10.1 Å². The minimum absolute atomic E-state index is 0.209. The number of carbonyl (C=O) groups excluding carboxylic acids is 1. The summed E-state index contributed by atoms with van der Waals surface area (Å²) >= 11 is 1.13. The second kappa shape index (κ2) is 9.30. The number of alkyl halides is 3. The number of hydrogen-bond donors (Lipinski definition) is 0. The molecule has 180 valence electrons. The van der Waals surface area contributed by atoms with Crippen molar-refractivity contribution in [2.75, 3.05) is 42.4 Å². The van der Waals surface area contributed by atoms with E-state index in [1.807, 2.05) is 4.90 Å². The molecule has 0 N–H and O–H groups in total. The van der Waals surface area contributed by atoms with Crippen molar-refractivity contribution in [3.8, 4) is 0 Å². The van der Waals surface area contributed by atoms with Crippen LogP contribution in [0.25, 0.3) is 0 Å². The van der Waals surface area contributed by atoms with Crippen molar-refractivity contribution in [1.82, 2.24) is 4.90 Å². The normalized spacial score (nSPS) is 14.8. The maximum absolute atomic E-state index is 13.0. The van der Waals surface area contributed by atoms with E-state index in [0.717, 1.165) is 23.5 Å². The SMILES string of the molecule is CN(c1ccc(C(=O)N2CCN(c3cccc(C(F)(F)F)c3)CC2)cc1)S(=O)(=O)c1cccs1. The Morgan fingerprint density at radius 2 is 1.65 bits per heavy atom. The van der Waals surface area contributed by atoms with Gasteiger partial charge in [0.1, 0.15) is 4.21 Å². The van der Waals surface area contributed by atoms with Crippen LogP contribution in [0.1, 0.15) is 15.9 Å². The highest BCUT2D eigenvalue weighted by Crippen LogP contribution is 2.32. The fraction of sp³-hybridized carbons (Fsp3) is 0.261. The molecule has 2 heterocycles. The molecule has 0 saturated carbocycles. The van der Waals surface area contributed by atoms with Gasteiger partial charge in [-0.3, -0.25) is 9.10 Å². The number of amides is 1. The number of halogens is 3. The van der Waals surface area contributed by atoms with Crippen LogP contribution in [-0.2, 0) is 16.2 Å². The molecule has 0 bridgehead atoms. The van der Waals surface area contributed by atoms with Crippen LogP contribution < -0.4 is 9.21 Å². The topological polar surface area (TPSA) is 60.9 Å². The number of piperazine rings is 1. The van der Waals surface area contributed by atoms with E-state index in [2.05, 4.69) is 0 Å². The fourth-order valence-corrected chi connectivity index (χ4v) is 6.08. The molecule has 0 atom stereocenters. The van der Waals surface area contributed by atoms with Gasteiger partial charge in [0.15, 0.2) is 0 Å². The standard InChI is InChI=1S/C23H22F3N3O3S2/c1-27(34(31,32)21-6-3-15-33-21)19-9-7-17(8-10-19)22(30)29-13-11-28(12-14-29)20-5-2-4-18(16-20)23(24,25)26/h2-10,15-16H,11-14H2,1H3. The van der Waals surface area contributed by atoms with E-state index in [9.17, 15) is 26.4 Å². The zero-order valence-electron chi connectivity index (χ0n) is 18.2. The highest BCUT2D eigenvalue weighted by Gasteiger charge is 2.31. The molecule has 4 rings (SSSR count). The third-order valence-corrected chi connectivity index (χ3v) is 8.85. The second-order valence-electron chi connectivity index (χ2n) is 7.78. The van der Waals surface area contributed by atoms with Crippen LogP contribution in [0.3, 0.4) is 0 Å². The molecule has 1 saturated heterocycles. The van der Waals surface area contributed by atoms with Gasteiger partial charge < -0.3 is 9.80 Å². The Labute approximate surface area is 199 Å². The molecule has 2 aromatic carbocycles. The first kappa shape index (κ1) is 24.1. The van der Waals surface area contributed by atoms with Gasteiger partial charge in [-0.05, 0) is 53.9 Å². The van der Waals surface area contributed by atoms with Crippen molar-refractivity contribution < 1.29 is 26.4 Å². The van der Waals surface area contributed by atoms with Crippen LogP contribution in [0.15, 0.2) is 70.3 Å². The Kier molecular flexibility index (Phi) is 6.59. The average Bonchev–Trinajstić information content (AvgIpc) is 3.39. The molecule has 1 aliphatic heterocycles. The minimum atomic E-state index is -4.41. The molecule has 0 aliphatic carbocycles. The molecule has 1 fully saturated rings.